The van der Waals surface area contributed by atoms with Crippen LogP contribution >= 0.6 is 0 Å². The second-order valence-corrected chi connectivity index (χ2v) is 6.65. The third kappa shape index (κ3) is 4.05. The lowest BCUT2D eigenvalue weighted by molar-refractivity contribution is -0.138. The fraction of sp³-hybridized carbons (Fsp3) is 0.500. The first-order valence-corrected chi connectivity index (χ1v) is 8.60. The van der Waals surface area contributed by atoms with Gasteiger partial charge in [0.15, 0.2) is 5.69 Å². The molecule has 0 saturated carbocycles. The molecule has 0 spiro atoms. The Morgan fingerprint density at radius 3 is 2.77 bits per heavy atom. The zero-order valence-electron chi connectivity index (χ0n) is 14.4. The number of amides is 1. The van der Waals surface area contributed by atoms with Crippen LogP contribution in [0.15, 0.2) is 28.9 Å². The largest absolute Gasteiger partial charge is 0.416 e. The van der Waals surface area contributed by atoms with Gasteiger partial charge in [0.05, 0.1) is 5.56 Å². The van der Waals surface area contributed by atoms with Gasteiger partial charge in [0.1, 0.15) is 5.69 Å². The van der Waals surface area contributed by atoms with Gasteiger partial charge < -0.3 is 4.90 Å². The first kappa shape index (κ1) is 18.4. The van der Waals surface area contributed by atoms with Crippen LogP contribution in [0.25, 0.3) is 0 Å². The minimum atomic E-state index is -4.34. The number of rotatable bonds is 4. The average molecular weight is 367 g/mol. The van der Waals surface area contributed by atoms with Crippen molar-refractivity contribution in [2.24, 2.45) is 5.92 Å². The molecule has 0 unspecified atom stereocenters. The van der Waals surface area contributed by atoms with Crippen molar-refractivity contribution < 1.29 is 22.6 Å². The van der Waals surface area contributed by atoms with Crippen LogP contribution in [-0.2, 0) is 12.6 Å². The van der Waals surface area contributed by atoms with E-state index < -0.39 is 11.7 Å². The van der Waals surface area contributed by atoms with Gasteiger partial charge in [0.25, 0.3) is 5.91 Å². The maximum Gasteiger partial charge on any atom is 0.416 e. The summed E-state index contributed by atoms with van der Waals surface area (Å²) in [6.45, 7) is 2.78. The highest BCUT2D eigenvalue weighted by molar-refractivity contribution is 5.93. The van der Waals surface area contributed by atoms with Crippen molar-refractivity contribution >= 4 is 5.91 Å². The topological polar surface area (TPSA) is 59.2 Å². The van der Waals surface area contributed by atoms with Gasteiger partial charge in [0.2, 0.25) is 0 Å². The molecule has 2 aromatic rings. The highest BCUT2D eigenvalue weighted by Gasteiger charge is 2.33. The summed E-state index contributed by atoms with van der Waals surface area (Å²) in [5, 5.41) is 7.27. The molecule has 1 atom stereocenters. The molecule has 5 nitrogen and oxygen atoms in total. The minimum absolute atomic E-state index is 0.161. The van der Waals surface area contributed by atoms with Gasteiger partial charge in [-0.25, -0.2) is 4.63 Å². The molecule has 2 heterocycles. The lowest BCUT2D eigenvalue weighted by Crippen LogP contribution is -2.40. The smallest absolute Gasteiger partial charge is 0.337 e. The van der Waals surface area contributed by atoms with Crippen LogP contribution in [0.5, 0.6) is 0 Å². The summed E-state index contributed by atoms with van der Waals surface area (Å²) < 4.78 is 43.9. The van der Waals surface area contributed by atoms with Gasteiger partial charge >= 0.3 is 6.18 Å². The van der Waals surface area contributed by atoms with E-state index in [0.29, 0.717) is 37.2 Å². The number of hydrogen-bond donors (Lipinski definition) is 0. The first-order chi connectivity index (χ1) is 12.4. The predicted octanol–water partition coefficient (Wildman–Crippen LogP) is 3.88. The maximum absolute atomic E-state index is 13.1. The van der Waals surface area contributed by atoms with Gasteiger partial charge in [-0.2, -0.15) is 13.2 Å². The molecule has 26 heavy (non-hydrogen) atoms. The summed E-state index contributed by atoms with van der Waals surface area (Å²) in [7, 11) is 0. The maximum atomic E-state index is 13.1. The summed E-state index contributed by atoms with van der Waals surface area (Å²) in [6, 6.07) is 5.68. The number of hydrogen-bond acceptors (Lipinski definition) is 4. The number of alkyl halides is 3. The van der Waals surface area contributed by atoms with E-state index in [9.17, 15) is 18.0 Å². The van der Waals surface area contributed by atoms with Gasteiger partial charge in [0, 0.05) is 13.1 Å². The predicted molar refractivity (Wildman–Crippen MR) is 87.4 cm³/mol. The average Bonchev–Trinajstić information content (AvgIpc) is 3.05. The fourth-order valence-corrected chi connectivity index (χ4v) is 3.43. The monoisotopic (exact) mass is 367 g/mol. The van der Waals surface area contributed by atoms with E-state index in [1.54, 1.807) is 17.9 Å². The number of halogens is 3. The number of aromatic nitrogens is 2. The van der Waals surface area contributed by atoms with Crippen molar-refractivity contribution in [1.82, 2.24) is 15.2 Å². The van der Waals surface area contributed by atoms with Crippen LogP contribution in [0.3, 0.4) is 0 Å². The summed E-state index contributed by atoms with van der Waals surface area (Å²) in [4.78, 5) is 14.2. The summed E-state index contributed by atoms with van der Waals surface area (Å²) in [5.74, 6) is -0.0710. The number of aryl methyl sites for hydroxylation is 2. The van der Waals surface area contributed by atoms with Crippen molar-refractivity contribution in [2.75, 3.05) is 13.1 Å². The van der Waals surface area contributed by atoms with Gasteiger partial charge in [-0.1, -0.05) is 23.4 Å². The SMILES string of the molecule is Cc1nonc1C(=O)N1CCC[C@@H](CCc2ccccc2C(F)(F)F)C1. The summed E-state index contributed by atoms with van der Waals surface area (Å²) in [6.07, 6.45) is -1.68. The number of likely N-dealkylation sites (tertiary alicyclic amines) is 1. The molecule has 8 heteroatoms. The molecule has 3 rings (SSSR count). The third-order valence-electron chi connectivity index (χ3n) is 4.81. The number of carbonyl (C=O) groups is 1. The Balaban J connectivity index is 1.63. The lowest BCUT2D eigenvalue weighted by Gasteiger charge is -2.32. The Kier molecular flexibility index (Phi) is 5.29. The summed E-state index contributed by atoms with van der Waals surface area (Å²) in [5.41, 5.74) is 0.373. The van der Waals surface area contributed by atoms with Crippen molar-refractivity contribution in [3.05, 3.63) is 46.8 Å². The zero-order chi connectivity index (χ0) is 18.7. The number of nitrogens with zero attached hydrogens (tertiary/aromatic N) is 3. The standard InChI is InChI=1S/C18H20F3N3O2/c1-12-16(23-26-22-12)17(25)24-10-4-5-13(11-24)8-9-14-6-2-3-7-15(14)18(19,20)21/h2-3,6-7,13H,4-5,8-11H2,1H3/t13-/m0/s1. The van der Waals surface area contributed by atoms with Crippen molar-refractivity contribution in [3.8, 4) is 0 Å². The Hall–Kier alpha value is -2.38. The van der Waals surface area contributed by atoms with Crippen LogP contribution in [0, 0.1) is 12.8 Å². The van der Waals surface area contributed by atoms with Crippen LogP contribution in [0.1, 0.15) is 46.6 Å². The zero-order valence-corrected chi connectivity index (χ0v) is 14.4. The molecule has 1 fully saturated rings. The van der Waals surface area contributed by atoms with E-state index in [2.05, 4.69) is 14.9 Å². The van der Waals surface area contributed by atoms with Crippen LogP contribution in [0.4, 0.5) is 13.2 Å². The van der Waals surface area contributed by atoms with Crippen molar-refractivity contribution in [2.45, 2.75) is 38.8 Å². The molecular formula is C18H20F3N3O2. The molecule has 0 bridgehead atoms. The van der Waals surface area contributed by atoms with Crippen LogP contribution in [0.2, 0.25) is 0 Å². The molecule has 1 aliphatic heterocycles. The van der Waals surface area contributed by atoms with E-state index in [4.69, 9.17) is 0 Å². The molecule has 0 aliphatic carbocycles. The van der Waals surface area contributed by atoms with E-state index in [0.717, 1.165) is 18.9 Å². The van der Waals surface area contributed by atoms with Crippen LogP contribution in [-0.4, -0.2) is 34.2 Å². The van der Waals surface area contributed by atoms with E-state index in [1.165, 1.54) is 12.1 Å². The summed E-state index contributed by atoms with van der Waals surface area (Å²) >= 11 is 0. The third-order valence-corrected chi connectivity index (χ3v) is 4.81. The molecule has 0 radical (unpaired) electrons. The molecule has 1 saturated heterocycles. The second-order valence-electron chi connectivity index (χ2n) is 6.65. The minimum Gasteiger partial charge on any atom is -0.337 e. The van der Waals surface area contributed by atoms with Gasteiger partial charge in [-0.15, -0.1) is 0 Å². The molecular weight excluding hydrogens is 347 g/mol. The second kappa shape index (κ2) is 7.47. The first-order valence-electron chi connectivity index (χ1n) is 8.60. The quantitative estimate of drug-likeness (QED) is 0.823. The molecule has 1 amide bonds. The van der Waals surface area contributed by atoms with Gasteiger partial charge in [-0.05, 0) is 55.3 Å². The van der Waals surface area contributed by atoms with Gasteiger partial charge in [-0.3, -0.25) is 4.79 Å². The van der Waals surface area contributed by atoms with E-state index >= 15 is 0 Å². The molecule has 1 aromatic heterocycles. The fourth-order valence-electron chi connectivity index (χ4n) is 3.43. The highest BCUT2D eigenvalue weighted by atomic mass is 19.4. The normalized spacial score (nSPS) is 18.2. The lowest BCUT2D eigenvalue weighted by atomic mass is 9.90. The van der Waals surface area contributed by atoms with E-state index in [-0.39, 0.29) is 17.5 Å². The Bertz CT molecular complexity index is 773. The van der Waals surface area contributed by atoms with E-state index in [1.807, 2.05) is 0 Å². The number of carbonyl (C=O) groups excluding carboxylic acids is 1. The highest BCUT2D eigenvalue weighted by Crippen LogP contribution is 2.33. The molecule has 1 aliphatic rings. The Labute approximate surface area is 149 Å². The Morgan fingerprint density at radius 1 is 1.31 bits per heavy atom. The van der Waals surface area contributed by atoms with Crippen molar-refractivity contribution in [1.29, 1.82) is 0 Å². The number of benzene rings is 1. The Morgan fingerprint density at radius 2 is 2.08 bits per heavy atom. The van der Waals surface area contributed by atoms with Crippen LogP contribution < -0.4 is 0 Å². The molecule has 140 valence electrons. The number of piperidine rings is 1. The van der Waals surface area contributed by atoms with Crippen molar-refractivity contribution in [3.63, 3.8) is 0 Å². The molecule has 0 N–H and O–H groups in total. The molecule has 1 aromatic carbocycles.